The molecule has 3 aromatic rings. The van der Waals surface area contributed by atoms with Crippen molar-refractivity contribution in [3.05, 3.63) is 42.2 Å². The van der Waals surface area contributed by atoms with Crippen LogP contribution in [-0.2, 0) is 0 Å². The van der Waals surface area contributed by atoms with Gasteiger partial charge in [0.15, 0.2) is 0 Å². The predicted molar refractivity (Wildman–Crippen MR) is 80.5 cm³/mol. The molecule has 21 heavy (non-hydrogen) atoms. The molecule has 0 unspecified atom stereocenters. The second-order valence-corrected chi connectivity index (χ2v) is 5.34. The number of rotatable bonds is 4. The molecule has 0 aliphatic heterocycles. The first-order chi connectivity index (χ1) is 10.1. The first-order valence-electron chi connectivity index (χ1n) is 6.90. The summed E-state index contributed by atoms with van der Waals surface area (Å²) in [4.78, 5) is 4.32. The Balaban J connectivity index is 1.99. The Bertz CT molecular complexity index is 767. The van der Waals surface area contributed by atoms with Crippen LogP contribution in [0.2, 0.25) is 0 Å². The van der Waals surface area contributed by atoms with Crippen molar-refractivity contribution in [2.45, 2.75) is 13.8 Å². The van der Waals surface area contributed by atoms with Gasteiger partial charge in [0.05, 0.1) is 0 Å². The zero-order chi connectivity index (χ0) is 14.8. The molecule has 2 aromatic carbocycles. The fourth-order valence-corrected chi connectivity index (χ4v) is 2.15. The molecule has 108 valence electrons. The van der Waals surface area contributed by atoms with E-state index >= 15 is 0 Å². The molecule has 0 aliphatic rings. The lowest BCUT2D eigenvalue weighted by Crippen LogP contribution is -2.07. The van der Waals surface area contributed by atoms with Crippen LogP contribution in [0, 0.1) is 11.7 Å². The molecule has 4 nitrogen and oxygen atoms in total. The summed E-state index contributed by atoms with van der Waals surface area (Å²) in [5.74, 6) is 0.681. The molecular weight excluding hydrogens is 269 g/mol. The van der Waals surface area contributed by atoms with Crippen molar-refractivity contribution in [3.8, 4) is 11.4 Å². The minimum atomic E-state index is -0.254. The summed E-state index contributed by atoms with van der Waals surface area (Å²) in [6.07, 6.45) is 0. The van der Waals surface area contributed by atoms with Crippen LogP contribution in [0.15, 0.2) is 40.9 Å². The first-order valence-corrected chi connectivity index (χ1v) is 6.90. The standard InChI is InChI=1S/C16H16FN3O/c1-10(2)9-18-16-19-15(20-21-16)13-7-8-14(17)12-6-4-3-5-11(12)13/h3-8,10H,9H2,1-2H3,(H,18,19,20). The van der Waals surface area contributed by atoms with Gasteiger partial charge in [-0.2, -0.15) is 4.98 Å². The van der Waals surface area contributed by atoms with Crippen molar-refractivity contribution in [1.82, 2.24) is 10.1 Å². The van der Waals surface area contributed by atoms with Gasteiger partial charge < -0.3 is 9.84 Å². The summed E-state index contributed by atoms with van der Waals surface area (Å²) < 4.78 is 19.0. The number of hydrogen-bond donors (Lipinski definition) is 1. The van der Waals surface area contributed by atoms with Crippen molar-refractivity contribution in [2.75, 3.05) is 11.9 Å². The molecule has 3 rings (SSSR count). The zero-order valence-corrected chi connectivity index (χ0v) is 11.9. The Morgan fingerprint density at radius 3 is 2.67 bits per heavy atom. The van der Waals surface area contributed by atoms with Crippen molar-refractivity contribution in [3.63, 3.8) is 0 Å². The van der Waals surface area contributed by atoms with Gasteiger partial charge in [0.25, 0.3) is 0 Å². The largest absolute Gasteiger partial charge is 0.337 e. The molecule has 0 aliphatic carbocycles. The molecule has 0 amide bonds. The lowest BCUT2D eigenvalue weighted by molar-refractivity contribution is 0.430. The quantitative estimate of drug-likeness (QED) is 0.784. The second kappa shape index (κ2) is 5.52. The number of aromatic nitrogens is 2. The fraction of sp³-hybridized carbons (Fsp3) is 0.250. The maximum Gasteiger partial charge on any atom is 0.321 e. The number of nitrogens with one attached hydrogen (secondary N) is 1. The molecule has 1 heterocycles. The molecule has 1 N–H and O–H groups in total. The number of hydrogen-bond acceptors (Lipinski definition) is 4. The van der Waals surface area contributed by atoms with Crippen LogP contribution < -0.4 is 5.32 Å². The van der Waals surface area contributed by atoms with E-state index in [1.165, 1.54) is 6.07 Å². The van der Waals surface area contributed by atoms with E-state index in [0.717, 1.165) is 17.5 Å². The van der Waals surface area contributed by atoms with Crippen molar-refractivity contribution < 1.29 is 8.91 Å². The molecule has 5 heteroatoms. The normalized spacial score (nSPS) is 11.2. The van der Waals surface area contributed by atoms with Crippen LogP contribution in [0.5, 0.6) is 0 Å². The van der Waals surface area contributed by atoms with E-state index in [2.05, 4.69) is 29.3 Å². The van der Waals surface area contributed by atoms with Gasteiger partial charge in [-0.3, -0.25) is 0 Å². The van der Waals surface area contributed by atoms with Crippen LogP contribution in [0.25, 0.3) is 22.2 Å². The second-order valence-electron chi connectivity index (χ2n) is 5.34. The molecule has 0 fully saturated rings. The van der Waals surface area contributed by atoms with Gasteiger partial charge in [0, 0.05) is 17.5 Å². The van der Waals surface area contributed by atoms with Crippen LogP contribution in [0.4, 0.5) is 10.4 Å². The van der Waals surface area contributed by atoms with Gasteiger partial charge in [0.1, 0.15) is 5.82 Å². The number of halogens is 1. The molecule has 0 bridgehead atoms. The number of anilines is 1. The average molecular weight is 285 g/mol. The topological polar surface area (TPSA) is 51.0 Å². The van der Waals surface area contributed by atoms with E-state index in [-0.39, 0.29) is 5.82 Å². The molecule has 0 saturated carbocycles. The van der Waals surface area contributed by atoms with Crippen LogP contribution in [0.1, 0.15) is 13.8 Å². The minimum absolute atomic E-state index is 0.254. The Morgan fingerprint density at radius 1 is 1.14 bits per heavy atom. The Kier molecular flexibility index (Phi) is 3.56. The summed E-state index contributed by atoms with van der Waals surface area (Å²) in [5.41, 5.74) is 0.758. The SMILES string of the molecule is CC(C)CNc1nc(-c2ccc(F)c3ccccc23)no1. The summed E-state index contributed by atoms with van der Waals surface area (Å²) >= 11 is 0. The highest BCUT2D eigenvalue weighted by molar-refractivity contribution is 5.95. The van der Waals surface area contributed by atoms with E-state index < -0.39 is 0 Å². The van der Waals surface area contributed by atoms with E-state index in [0.29, 0.717) is 23.1 Å². The third-order valence-electron chi connectivity index (χ3n) is 3.20. The van der Waals surface area contributed by atoms with Gasteiger partial charge in [-0.1, -0.05) is 43.3 Å². The van der Waals surface area contributed by atoms with E-state index in [9.17, 15) is 4.39 Å². The van der Waals surface area contributed by atoms with Crippen LogP contribution >= 0.6 is 0 Å². The molecule has 0 spiro atoms. The summed E-state index contributed by atoms with van der Waals surface area (Å²) in [7, 11) is 0. The van der Waals surface area contributed by atoms with Crippen molar-refractivity contribution >= 4 is 16.8 Å². The smallest absolute Gasteiger partial charge is 0.321 e. The van der Waals surface area contributed by atoms with E-state index in [1.54, 1.807) is 18.2 Å². The zero-order valence-electron chi connectivity index (χ0n) is 11.9. The number of nitrogens with zero attached hydrogens (tertiary/aromatic N) is 2. The van der Waals surface area contributed by atoms with Gasteiger partial charge in [-0.15, -0.1) is 0 Å². The summed E-state index contributed by atoms with van der Waals surface area (Å²) in [5, 5.41) is 8.38. The van der Waals surface area contributed by atoms with Crippen molar-refractivity contribution in [1.29, 1.82) is 0 Å². The predicted octanol–water partition coefficient (Wildman–Crippen LogP) is 4.10. The Morgan fingerprint density at radius 2 is 1.90 bits per heavy atom. The third kappa shape index (κ3) is 2.72. The minimum Gasteiger partial charge on any atom is -0.337 e. The lowest BCUT2D eigenvalue weighted by Gasteiger charge is -2.04. The van der Waals surface area contributed by atoms with Crippen LogP contribution in [-0.4, -0.2) is 16.7 Å². The fourth-order valence-electron chi connectivity index (χ4n) is 2.15. The molecule has 0 radical (unpaired) electrons. The average Bonchev–Trinajstić information content (AvgIpc) is 2.94. The van der Waals surface area contributed by atoms with E-state index in [1.807, 2.05) is 12.1 Å². The van der Waals surface area contributed by atoms with Gasteiger partial charge >= 0.3 is 6.01 Å². The van der Waals surface area contributed by atoms with Gasteiger partial charge in [-0.25, -0.2) is 4.39 Å². The van der Waals surface area contributed by atoms with Gasteiger partial charge in [0.2, 0.25) is 5.82 Å². The lowest BCUT2D eigenvalue weighted by atomic mass is 10.0. The maximum atomic E-state index is 13.8. The highest BCUT2D eigenvalue weighted by Gasteiger charge is 2.13. The summed E-state index contributed by atoms with van der Waals surface area (Å²) in [6.45, 7) is 4.95. The van der Waals surface area contributed by atoms with Crippen molar-refractivity contribution in [2.24, 2.45) is 5.92 Å². The van der Waals surface area contributed by atoms with Crippen LogP contribution in [0.3, 0.4) is 0 Å². The summed E-state index contributed by atoms with van der Waals surface area (Å²) in [6, 6.07) is 10.7. The maximum absolute atomic E-state index is 13.8. The molecule has 1 aromatic heterocycles. The highest BCUT2D eigenvalue weighted by Crippen LogP contribution is 2.29. The highest BCUT2D eigenvalue weighted by atomic mass is 19.1. The number of fused-ring (bicyclic) bond motifs is 1. The Labute approximate surface area is 122 Å². The Hall–Kier alpha value is -2.43. The molecule has 0 saturated heterocycles. The molecular formula is C16H16FN3O. The van der Waals surface area contributed by atoms with Gasteiger partial charge in [-0.05, 0) is 23.4 Å². The van der Waals surface area contributed by atoms with E-state index in [4.69, 9.17) is 4.52 Å². The number of benzene rings is 2. The molecule has 0 atom stereocenters. The third-order valence-corrected chi connectivity index (χ3v) is 3.20. The first kappa shape index (κ1) is 13.5. The monoisotopic (exact) mass is 285 g/mol.